The van der Waals surface area contributed by atoms with Gasteiger partial charge in [0, 0.05) is 15.4 Å². The van der Waals surface area contributed by atoms with Gasteiger partial charge in [0.2, 0.25) is 0 Å². The average Bonchev–Trinajstić information content (AvgIpc) is 3.12. The standard InChI is InChI=1S/C19H16BrN5O/c1-11(2)25-19(26)15-9-4-3-8-14(15)16(24-25)18-21-17(22-23-18)12-6-5-7-13(20)10-12/h3-11H,1-2H3,(H,21,22,23). The summed E-state index contributed by atoms with van der Waals surface area (Å²) in [5, 5.41) is 13.2. The topological polar surface area (TPSA) is 76.5 Å². The Bertz CT molecular complexity index is 1160. The van der Waals surface area contributed by atoms with Crippen LogP contribution in [0.4, 0.5) is 0 Å². The third-order valence-corrected chi connectivity index (χ3v) is 4.60. The van der Waals surface area contributed by atoms with E-state index in [1.54, 1.807) is 0 Å². The van der Waals surface area contributed by atoms with Crippen LogP contribution in [0.3, 0.4) is 0 Å². The van der Waals surface area contributed by atoms with Crippen molar-refractivity contribution in [3.63, 3.8) is 0 Å². The van der Waals surface area contributed by atoms with Gasteiger partial charge in [0.1, 0.15) is 5.69 Å². The first-order valence-electron chi connectivity index (χ1n) is 8.25. The Balaban J connectivity index is 1.93. The molecule has 0 aliphatic rings. The summed E-state index contributed by atoms with van der Waals surface area (Å²) in [6, 6.07) is 15.2. The number of rotatable bonds is 3. The van der Waals surface area contributed by atoms with Gasteiger partial charge in [0.15, 0.2) is 11.6 Å². The molecule has 0 fully saturated rings. The molecule has 0 amide bonds. The van der Waals surface area contributed by atoms with Crippen molar-refractivity contribution in [3.05, 3.63) is 63.4 Å². The summed E-state index contributed by atoms with van der Waals surface area (Å²) in [5.41, 5.74) is 1.40. The lowest BCUT2D eigenvalue weighted by Crippen LogP contribution is -2.25. The summed E-state index contributed by atoms with van der Waals surface area (Å²) < 4.78 is 2.44. The molecular formula is C19H16BrN5O. The molecule has 0 atom stereocenters. The highest BCUT2D eigenvalue weighted by Gasteiger charge is 2.17. The zero-order valence-electron chi connectivity index (χ0n) is 14.3. The smallest absolute Gasteiger partial charge is 0.267 e. The number of aromatic amines is 1. The lowest BCUT2D eigenvalue weighted by atomic mass is 10.1. The Morgan fingerprint density at radius 3 is 2.58 bits per heavy atom. The minimum absolute atomic E-state index is 0.0571. The van der Waals surface area contributed by atoms with Gasteiger partial charge in [0.25, 0.3) is 5.56 Å². The van der Waals surface area contributed by atoms with Crippen LogP contribution < -0.4 is 5.56 Å². The van der Waals surface area contributed by atoms with Gasteiger partial charge in [-0.05, 0) is 32.0 Å². The van der Waals surface area contributed by atoms with E-state index in [-0.39, 0.29) is 11.6 Å². The maximum atomic E-state index is 12.7. The average molecular weight is 410 g/mol. The predicted octanol–water partition coefficient (Wildman–Crippen LogP) is 4.19. The number of hydrogen-bond donors (Lipinski definition) is 1. The quantitative estimate of drug-likeness (QED) is 0.550. The summed E-state index contributed by atoms with van der Waals surface area (Å²) in [5.74, 6) is 1.11. The van der Waals surface area contributed by atoms with Crippen molar-refractivity contribution in [1.29, 1.82) is 0 Å². The van der Waals surface area contributed by atoms with E-state index in [2.05, 4.69) is 36.2 Å². The van der Waals surface area contributed by atoms with E-state index >= 15 is 0 Å². The number of nitrogens with zero attached hydrogens (tertiary/aromatic N) is 4. The summed E-state index contributed by atoms with van der Waals surface area (Å²) in [4.78, 5) is 17.3. The molecule has 4 aromatic rings. The van der Waals surface area contributed by atoms with E-state index in [1.165, 1.54) is 4.68 Å². The summed E-state index contributed by atoms with van der Waals surface area (Å²) in [6.45, 7) is 3.86. The molecule has 4 rings (SSSR count). The van der Waals surface area contributed by atoms with Crippen molar-refractivity contribution in [1.82, 2.24) is 25.0 Å². The monoisotopic (exact) mass is 409 g/mol. The third kappa shape index (κ3) is 2.84. The van der Waals surface area contributed by atoms with Crippen molar-refractivity contribution in [2.24, 2.45) is 0 Å². The Labute approximate surface area is 158 Å². The van der Waals surface area contributed by atoms with E-state index in [0.717, 1.165) is 15.4 Å². The third-order valence-electron chi connectivity index (χ3n) is 4.11. The highest BCUT2D eigenvalue weighted by molar-refractivity contribution is 9.10. The fourth-order valence-electron chi connectivity index (χ4n) is 2.86. The molecule has 130 valence electrons. The van der Waals surface area contributed by atoms with Crippen LogP contribution in [-0.4, -0.2) is 25.0 Å². The molecule has 2 aromatic carbocycles. The van der Waals surface area contributed by atoms with E-state index in [4.69, 9.17) is 0 Å². The van der Waals surface area contributed by atoms with E-state index in [0.29, 0.717) is 22.7 Å². The zero-order chi connectivity index (χ0) is 18.3. The largest absolute Gasteiger partial charge is 0.274 e. The summed E-state index contributed by atoms with van der Waals surface area (Å²) in [7, 11) is 0. The van der Waals surface area contributed by atoms with Crippen LogP contribution in [0.15, 0.2) is 57.8 Å². The molecule has 0 bridgehead atoms. The van der Waals surface area contributed by atoms with Crippen LogP contribution in [0.1, 0.15) is 19.9 Å². The lowest BCUT2D eigenvalue weighted by Gasteiger charge is -2.12. The molecule has 2 heterocycles. The van der Waals surface area contributed by atoms with Gasteiger partial charge in [-0.15, -0.1) is 0 Å². The first kappa shape index (κ1) is 16.7. The molecule has 0 aliphatic heterocycles. The first-order valence-corrected chi connectivity index (χ1v) is 9.04. The molecule has 7 heteroatoms. The van der Waals surface area contributed by atoms with Crippen LogP contribution in [0.25, 0.3) is 33.7 Å². The Morgan fingerprint density at radius 2 is 1.85 bits per heavy atom. The minimum atomic E-state index is -0.105. The SMILES string of the molecule is CC(C)n1nc(-c2nc(-c3cccc(Br)c3)n[nH]2)c2ccccc2c1=O. The zero-order valence-corrected chi connectivity index (χ0v) is 15.9. The number of fused-ring (bicyclic) bond motifs is 1. The number of nitrogens with one attached hydrogen (secondary N) is 1. The molecule has 0 saturated heterocycles. The molecular weight excluding hydrogens is 394 g/mol. The number of H-pyrrole nitrogens is 1. The molecule has 0 aliphatic carbocycles. The van der Waals surface area contributed by atoms with E-state index in [9.17, 15) is 4.79 Å². The Morgan fingerprint density at radius 1 is 1.08 bits per heavy atom. The van der Waals surface area contributed by atoms with Gasteiger partial charge in [-0.3, -0.25) is 9.89 Å². The van der Waals surface area contributed by atoms with Crippen molar-refractivity contribution in [3.8, 4) is 22.9 Å². The molecule has 2 aromatic heterocycles. The van der Waals surface area contributed by atoms with Gasteiger partial charge in [-0.2, -0.15) is 10.2 Å². The van der Waals surface area contributed by atoms with Gasteiger partial charge >= 0.3 is 0 Å². The Kier molecular flexibility index (Phi) is 4.16. The molecule has 0 unspecified atom stereocenters. The summed E-state index contributed by atoms with van der Waals surface area (Å²) in [6.07, 6.45) is 0. The minimum Gasteiger partial charge on any atom is -0.267 e. The number of halogens is 1. The first-order chi connectivity index (χ1) is 12.5. The van der Waals surface area contributed by atoms with Gasteiger partial charge in [-0.1, -0.05) is 46.3 Å². The van der Waals surface area contributed by atoms with Crippen LogP contribution >= 0.6 is 15.9 Å². The van der Waals surface area contributed by atoms with E-state index < -0.39 is 0 Å². The maximum absolute atomic E-state index is 12.7. The fraction of sp³-hybridized carbons (Fsp3) is 0.158. The number of hydrogen-bond acceptors (Lipinski definition) is 4. The van der Waals surface area contributed by atoms with Crippen LogP contribution in [0, 0.1) is 0 Å². The molecule has 0 saturated carbocycles. The molecule has 6 nitrogen and oxygen atoms in total. The number of aromatic nitrogens is 5. The molecule has 0 spiro atoms. The highest BCUT2D eigenvalue weighted by atomic mass is 79.9. The van der Waals surface area contributed by atoms with Crippen molar-refractivity contribution < 1.29 is 0 Å². The van der Waals surface area contributed by atoms with Crippen LogP contribution in [0.5, 0.6) is 0 Å². The lowest BCUT2D eigenvalue weighted by molar-refractivity contribution is 0.509. The second kappa shape index (κ2) is 6.49. The highest BCUT2D eigenvalue weighted by Crippen LogP contribution is 2.25. The van der Waals surface area contributed by atoms with Crippen LogP contribution in [0.2, 0.25) is 0 Å². The molecule has 1 N–H and O–H groups in total. The van der Waals surface area contributed by atoms with Crippen molar-refractivity contribution in [2.75, 3.05) is 0 Å². The second-order valence-corrected chi connectivity index (χ2v) is 7.17. The van der Waals surface area contributed by atoms with Gasteiger partial charge in [-0.25, -0.2) is 9.67 Å². The van der Waals surface area contributed by atoms with Gasteiger partial charge < -0.3 is 0 Å². The van der Waals surface area contributed by atoms with Gasteiger partial charge in [0.05, 0.1) is 11.4 Å². The molecule has 0 radical (unpaired) electrons. The second-order valence-electron chi connectivity index (χ2n) is 6.26. The fourth-order valence-corrected chi connectivity index (χ4v) is 3.26. The maximum Gasteiger partial charge on any atom is 0.274 e. The van der Waals surface area contributed by atoms with Crippen molar-refractivity contribution >= 4 is 26.7 Å². The normalized spacial score (nSPS) is 11.4. The summed E-state index contributed by atoms with van der Waals surface area (Å²) >= 11 is 3.46. The van der Waals surface area contributed by atoms with Crippen LogP contribution in [-0.2, 0) is 0 Å². The molecule has 26 heavy (non-hydrogen) atoms. The predicted molar refractivity (Wildman–Crippen MR) is 105 cm³/mol. The number of benzene rings is 2. The Hall–Kier alpha value is -2.80. The van der Waals surface area contributed by atoms with E-state index in [1.807, 2.05) is 62.4 Å². The van der Waals surface area contributed by atoms with Crippen molar-refractivity contribution in [2.45, 2.75) is 19.9 Å².